The zero-order valence-electron chi connectivity index (χ0n) is 14.6. The number of likely N-dealkylation sites (N-methyl/N-ethyl adjacent to an activating group) is 1. The molecule has 1 heterocycles. The van der Waals surface area contributed by atoms with E-state index in [1.165, 1.54) is 16.7 Å². The van der Waals surface area contributed by atoms with Gasteiger partial charge in [-0.05, 0) is 31.9 Å². The number of sulfone groups is 1. The van der Waals surface area contributed by atoms with Crippen LogP contribution in [0.3, 0.4) is 0 Å². The van der Waals surface area contributed by atoms with E-state index < -0.39 is 15.8 Å². The number of nitrogens with zero attached hydrogens (tertiary/aromatic N) is 1. The number of thioether (sulfide) groups is 1. The van der Waals surface area contributed by atoms with Crippen LogP contribution in [0.5, 0.6) is 0 Å². The van der Waals surface area contributed by atoms with Crippen molar-refractivity contribution in [2.24, 2.45) is 0 Å². The Hall–Kier alpha value is -1.54. The fourth-order valence-corrected chi connectivity index (χ4v) is 5.25. The average molecular weight is 386 g/mol. The van der Waals surface area contributed by atoms with Crippen LogP contribution in [0.2, 0.25) is 0 Å². The number of esters is 1. The quantitative estimate of drug-likeness (QED) is 0.546. The lowest BCUT2D eigenvalue weighted by molar-refractivity contribution is -0.150. The number of hydrogen-bond donors (Lipinski definition) is 0. The molecule has 0 N–H and O–H groups in total. The van der Waals surface area contributed by atoms with Crippen molar-refractivity contribution in [1.29, 1.82) is 0 Å². The average Bonchev–Trinajstić information content (AvgIpc) is 2.91. The number of carbonyl (C=O) groups is 2. The van der Waals surface area contributed by atoms with Gasteiger partial charge in [-0.2, -0.15) is 0 Å². The number of amides is 1. The van der Waals surface area contributed by atoms with Gasteiger partial charge in [0.1, 0.15) is 0 Å². The molecule has 2 rings (SSSR count). The zero-order valence-corrected chi connectivity index (χ0v) is 16.3. The maximum atomic E-state index is 12.1. The normalized spacial score (nSPS) is 18.8. The Morgan fingerprint density at radius 3 is 2.64 bits per heavy atom. The highest BCUT2D eigenvalue weighted by molar-refractivity contribution is 8.00. The van der Waals surface area contributed by atoms with Gasteiger partial charge in [-0.3, -0.25) is 9.59 Å². The van der Waals surface area contributed by atoms with E-state index in [4.69, 9.17) is 4.74 Å². The lowest BCUT2D eigenvalue weighted by atomic mass is 10.2. The molecule has 138 valence electrons. The summed E-state index contributed by atoms with van der Waals surface area (Å²) in [6.45, 7) is 3.63. The lowest BCUT2D eigenvalue weighted by Crippen LogP contribution is -2.40. The second-order valence-electron chi connectivity index (χ2n) is 6.28. The van der Waals surface area contributed by atoms with Gasteiger partial charge in [0.15, 0.2) is 16.4 Å². The second-order valence-corrected chi connectivity index (χ2v) is 9.53. The monoisotopic (exact) mass is 385 g/mol. The molecule has 1 aliphatic rings. The summed E-state index contributed by atoms with van der Waals surface area (Å²) in [6.07, 6.45) is 0.432. The molecule has 1 fully saturated rings. The third kappa shape index (κ3) is 5.74. The molecule has 1 aliphatic heterocycles. The Morgan fingerprint density at radius 1 is 1.32 bits per heavy atom. The summed E-state index contributed by atoms with van der Waals surface area (Å²) in [4.78, 5) is 26.3. The number of ether oxygens (including phenoxy) is 1. The van der Waals surface area contributed by atoms with Crippen LogP contribution >= 0.6 is 11.8 Å². The summed E-state index contributed by atoms with van der Waals surface area (Å²) < 4.78 is 28.0. The van der Waals surface area contributed by atoms with E-state index in [0.717, 1.165) is 16.0 Å². The molecule has 0 spiro atoms. The number of benzene rings is 1. The highest BCUT2D eigenvalue weighted by Crippen LogP contribution is 2.23. The van der Waals surface area contributed by atoms with Crippen molar-refractivity contribution in [2.45, 2.75) is 31.2 Å². The molecule has 1 aromatic rings. The molecule has 1 aromatic carbocycles. The fraction of sp³-hybridized carbons (Fsp3) is 0.529. The summed E-state index contributed by atoms with van der Waals surface area (Å²) in [7, 11) is -1.51. The second kappa shape index (κ2) is 8.23. The Kier molecular flexibility index (Phi) is 6.51. The first-order valence-electron chi connectivity index (χ1n) is 8.00. The predicted octanol–water partition coefficient (Wildman–Crippen LogP) is 1.58. The maximum absolute atomic E-state index is 12.1. The largest absolute Gasteiger partial charge is 0.455 e. The standard InChI is InChI=1S/C17H23NO5S2/c1-12-4-5-15(13(2)8-12)24-10-17(20)23-9-16(19)18(3)14-6-7-25(21,22)11-14/h4-5,8,14H,6-7,9-11H2,1-3H3/t14-/m1/s1. The maximum Gasteiger partial charge on any atom is 0.316 e. The van der Waals surface area contributed by atoms with Gasteiger partial charge in [-0.25, -0.2) is 8.42 Å². The lowest BCUT2D eigenvalue weighted by Gasteiger charge is -2.23. The molecule has 0 bridgehead atoms. The van der Waals surface area contributed by atoms with Crippen LogP contribution in [0.25, 0.3) is 0 Å². The predicted molar refractivity (Wildman–Crippen MR) is 97.4 cm³/mol. The first kappa shape index (κ1) is 19.8. The van der Waals surface area contributed by atoms with Gasteiger partial charge in [0, 0.05) is 18.0 Å². The van der Waals surface area contributed by atoms with Crippen molar-refractivity contribution in [3.8, 4) is 0 Å². The molecule has 6 nitrogen and oxygen atoms in total. The Morgan fingerprint density at radius 2 is 2.04 bits per heavy atom. The smallest absolute Gasteiger partial charge is 0.316 e. The Labute approximate surface area is 152 Å². The SMILES string of the molecule is Cc1ccc(SCC(=O)OCC(=O)N(C)[C@@H]2CCS(=O)(=O)C2)c(C)c1. The van der Waals surface area contributed by atoms with Gasteiger partial charge >= 0.3 is 5.97 Å². The minimum absolute atomic E-state index is 0.0221. The van der Waals surface area contributed by atoms with Gasteiger partial charge < -0.3 is 9.64 Å². The van der Waals surface area contributed by atoms with Crippen LogP contribution < -0.4 is 0 Å². The van der Waals surface area contributed by atoms with Crippen molar-refractivity contribution in [1.82, 2.24) is 4.90 Å². The molecular formula is C17H23NO5S2. The third-order valence-corrected chi connectivity index (χ3v) is 7.08. The van der Waals surface area contributed by atoms with E-state index in [0.29, 0.717) is 6.42 Å². The molecule has 1 saturated heterocycles. The Balaban J connectivity index is 1.76. The highest BCUT2D eigenvalue weighted by atomic mass is 32.2. The first-order chi connectivity index (χ1) is 11.7. The number of hydrogen-bond acceptors (Lipinski definition) is 6. The minimum atomic E-state index is -3.06. The Bertz CT molecular complexity index is 760. The van der Waals surface area contributed by atoms with Crippen molar-refractivity contribution in [3.05, 3.63) is 29.3 Å². The van der Waals surface area contributed by atoms with Crippen LogP contribution in [0.4, 0.5) is 0 Å². The van der Waals surface area contributed by atoms with Crippen LogP contribution in [0, 0.1) is 13.8 Å². The van der Waals surface area contributed by atoms with Gasteiger partial charge in [-0.15, -0.1) is 11.8 Å². The van der Waals surface area contributed by atoms with Crippen molar-refractivity contribution in [2.75, 3.05) is 30.9 Å². The number of rotatable bonds is 6. The van der Waals surface area contributed by atoms with Gasteiger partial charge in [-0.1, -0.05) is 17.7 Å². The molecule has 0 aromatic heterocycles. The van der Waals surface area contributed by atoms with E-state index >= 15 is 0 Å². The van der Waals surface area contributed by atoms with E-state index in [1.807, 2.05) is 32.0 Å². The van der Waals surface area contributed by atoms with Crippen LogP contribution in [0.1, 0.15) is 17.5 Å². The summed E-state index contributed by atoms with van der Waals surface area (Å²) >= 11 is 1.37. The summed E-state index contributed by atoms with van der Waals surface area (Å²) in [6, 6.07) is 5.65. The summed E-state index contributed by atoms with van der Waals surface area (Å²) in [5.74, 6) is -0.649. The van der Waals surface area contributed by atoms with Crippen LogP contribution in [0.15, 0.2) is 23.1 Å². The third-order valence-electron chi connectivity index (χ3n) is 4.18. The van der Waals surface area contributed by atoms with Crippen LogP contribution in [-0.2, 0) is 24.2 Å². The number of aryl methyl sites for hydroxylation is 2. The van der Waals surface area contributed by atoms with Crippen molar-refractivity contribution >= 4 is 33.5 Å². The molecule has 1 atom stereocenters. The van der Waals surface area contributed by atoms with Gasteiger partial charge in [0.25, 0.3) is 5.91 Å². The number of carbonyl (C=O) groups excluding carboxylic acids is 2. The van der Waals surface area contributed by atoms with Gasteiger partial charge in [0.05, 0.1) is 17.3 Å². The highest BCUT2D eigenvalue weighted by Gasteiger charge is 2.32. The van der Waals surface area contributed by atoms with Crippen molar-refractivity contribution in [3.63, 3.8) is 0 Å². The molecule has 0 aliphatic carbocycles. The molecule has 25 heavy (non-hydrogen) atoms. The molecule has 8 heteroatoms. The molecule has 1 amide bonds. The van der Waals surface area contributed by atoms with E-state index in [-0.39, 0.29) is 35.8 Å². The minimum Gasteiger partial charge on any atom is -0.455 e. The summed E-state index contributed by atoms with van der Waals surface area (Å²) in [5.41, 5.74) is 2.25. The summed E-state index contributed by atoms with van der Waals surface area (Å²) in [5, 5.41) is 0. The molecular weight excluding hydrogens is 362 g/mol. The van der Waals surface area contributed by atoms with Gasteiger partial charge in [0.2, 0.25) is 0 Å². The van der Waals surface area contributed by atoms with E-state index in [2.05, 4.69) is 0 Å². The fourth-order valence-electron chi connectivity index (χ4n) is 2.67. The van der Waals surface area contributed by atoms with E-state index in [1.54, 1.807) is 7.05 Å². The zero-order chi connectivity index (χ0) is 18.6. The molecule has 0 unspecified atom stereocenters. The first-order valence-corrected chi connectivity index (χ1v) is 10.8. The van der Waals surface area contributed by atoms with E-state index in [9.17, 15) is 18.0 Å². The molecule has 0 saturated carbocycles. The van der Waals surface area contributed by atoms with Crippen molar-refractivity contribution < 1.29 is 22.7 Å². The van der Waals surface area contributed by atoms with Crippen LogP contribution in [-0.4, -0.2) is 62.1 Å². The molecule has 0 radical (unpaired) electrons. The topological polar surface area (TPSA) is 80.8 Å².